The molecule has 0 amide bonds. The minimum Gasteiger partial charge on any atom is -0.339 e. The van der Waals surface area contributed by atoms with Crippen LogP contribution in [0.3, 0.4) is 0 Å². The van der Waals surface area contributed by atoms with E-state index >= 15 is 0 Å². The molecule has 0 aromatic carbocycles. The molecule has 0 spiro atoms. The maximum Gasteiger partial charge on any atom is 0.0937 e. The van der Waals surface area contributed by atoms with Crippen LogP contribution in [-0.2, 0) is 0 Å². The van der Waals surface area contributed by atoms with Crippen molar-refractivity contribution in [2.45, 2.75) is 57.0 Å². The maximum absolute atomic E-state index is 2.64. The summed E-state index contributed by atoms with van der Waals surface area (Å²) in [5.74, 6) is 0. The van der Waals surface area contributed by atoms with Crippen molar-refractivity contribution in [2.75, 3.05) is 0 Å². The predicted molar refractivity (Wildman–Crippen MR) is 41.8 cm³/mol. The molecule has 2 aliphatic heterocycles. The monoisotopic (exact) mass is 140 g/mol. The highest BCUT2D eigenvalue weighted by molar-refractivity contribution is 4.82. The normalized spacial score (nSPS) is 47.1. The van der Waals surface area contributed by atoms with Crippen molar-refractivity contribution < 1.29 is 5.32 Å². The Hall–Kier alpha value is -0.0400. The standard InChI is InChI=1S/C9H17N/c1-9-6-3-2-4-8(10-9)5-7-9/h8,10H,2-7H2,1H3/p+1. The molecule has 2 fully saturated rings. The molecule has 1 heteroatoms. The van der Waals surface area contributed by atoms with Crippen LogP contribution in [0, 0.1) is 0 Å². The SMILES string of the molecule is CC12CCCCC(CC1)[NH2+]2. The molecule has 58 valence electrons. The van der Waals surface area contributed by atoms with Gasteiger partial charge in [0.2, 0.25) is 0 Å². The molecule has 2 atom stereocenters. The van der Waals surface area contributed by atoms with Crippen molar-refractivity contribution in [3.8, 4) is 0 Å². The number of rotatable bonds is 0. The smallest absolute Gasteiger partial charge is 0.0937 e. The van der Waals surface area contributed by atoms with Crippen molar-refractivity contribution in [3.05, 3.63) is 0 Å². The van der Waals surface area contributed by atoms with Crippen LogP contribution in [0.1, 0.15) is 45.4 Å². The third kappa shape index (κ3) is 1.07. The van der Waals surface area contributed by atoms with Crippen LogP contribution < -0.4 is 5.32 Å². The quantitative estimate of drug-likeness (QED) is 0.518. The van der Waals surface area contributed by atoms with Gasteiger partial charge in [-0.05, 0) is 26.2 Å². The van der Waals surface area contributed by atoms with E-state index in [1.165, 1.54) is 38.5 Å². The molecule has 0 saturated carbocycles. The Bertz CT molecular complexity index is 131. The van der Waals surface area contributed by atoms with E-state index in [9.17, 15) is 0 Å². The molecular formula is C9H18N+. The van der Waals surface area contributed by atoms with Gasteiger partial charge in [0.1, 0.15) is 0 Å². The van der Waals surface area contributed by atoms with Gasteiger partial charge in [-0.25, -0.2) is 0 Å². The molecule has 2 N–H and O–H groups in total. The van der Waals surface area contributed by atoms with Crippen LogP contribution >= 0.6 is 0 Å². The zero-order valence-corrected chi connectivity index (χ0v) is 6.90. The second-order valence-corrected chi connectivity index (χ2v) is 4.37. The second-order valence-electron chi connectivity index (χ2n) is 4.37. The highest BCUT2D eigenvalue weighted by Gasteiger charge is 2.39. The highest BCUT2D eigenvalue weighted by Crippen LogP contribution is 2.27. The number of hydrogen-bond donors (Lipinski definition) is 1. The number of quaternary nitrogens is 1. The third-order valence-electron chi connectivity index (χ3n) is 3.30. The van der Waals surface area contributed by atoms with Gasteiger partial charge in [0.05, 0.1) is 11.6 Å². The van der Waals surface area contributed by atoms with Crippen molar-refractivity contribution in [3.63, 3.8) is 0 Å². The first-order chi connectivity index (χ1) is 4.79. The van der Waals surface area contributed by atoms with E-state index in [0.29, 0.717) is 5.54 Å². The summed E-state index contributed by atoms with van der Waals surface area (Å²) in [4.78, 5) is 0. The summed E-state index contributed by atoms with van der Waals surface area (Å²) in [6, 6.07) is 0.993. The zero-order chi connectivity index (χ0) is 7.03. The summed E-state index contributed by atoms with van der Waals surface area (Å²) < 4.78 is 0. The molecule has 0 aromatic heterocycles. The number of hydrogen-bond acceptors (Lipinski definition) is 0. The van der Waals surface area contributed by atoms with Crippen molar-refractivity contribution in [2.24, 2.45) is 0 Å². The number of fused-ring (bicyclic) bond motifs is 2. The average Bonchev–Trinajstić information content (AvgIpc) is 2.11. The van der Waals surface area contributed by atoms with E-state index in [0.717, 1.165) is 6.04 Å². The summed E-state index contributed by atoms with van der Waals surface area (Å²) in [5, 5.41) is 2.64. The van der Waals surface area contributed by atoms with Crippen LogP contribution in [0.15, 0.2) is 0 Å². The van der Waals surface area contributed by atoms with Crippen molar-refractivity contribution in [1.29, 1.82) is 0 Å². The fourth-order valence-corrected chi connectivity index (χ4v) is 2.62. The summed E-state index contributed by atoms with van der Waals surface area (Å²) >= 11 is 0. The second kappa shape index (κ2) is 2.23. The molecule has 2 bridgehead atoms. The Balaban J connectivity index is 2.09. The maximum atomic E-state index is 2.64. The Morgan fingerprint density at radius 1 is 1.20 bits per heavy atom. The topological polar surface area (TPSA) is 16.6 Å². The van der Waals surface area contributed by atoms with Gasteiger partial charge in [-0.3, -0.25) is 0 Å². The van der Waals surface area contributed by atoms with E-state index in [1.54, 1.807) is 0 Å². The van der Waals surface area contributed by atoms with E-state index in [1.807, 2.05) is 0 Å². The summed E-state index contributed by atoms with van der Waals surface area (Å²) in [6.45, 7) is 2.44. The molecular weight excluding hydrogens is 122 g/mol. The van der Waals surface area contributed by atoms with E-state index in [2.05, 4.69) is 12.2 Å². The Morgan fingerprint density at radius 3 is 3.00 bits per heavy atom. The molecule has 2 heterocycles. The lowest BCUT2D eigenvalue weighted by Crippen LogP contribution is -2.96. The zero-order valence-electron chi connectivity index (χ0n) is 6.90. The van der Waals surface area contributed by atoms with Crippen LogP contribution in [0.25, 0.3) is 0 Å². The molecule has 1 nitrogen and oxygen atoms in total. The molecule has 2 rings (SSSR count). The van der Waals surface area contributed by atoms with Gasteiger partial charge in [-0.2, -0.15) is 0 Å². The van der Waals surface area contributed by atoms with Crippen molar-refractivity contribution >= 4 is 0 Å². The van der Waals surface area contributed by atoms with E-state index in [4.69, 9.17) is 0 Å². The molecule has 2 aliphatic rings. The molecule has 2 saturated heterocycles. The number of nitrogens with two attached hydrogens (primary N) is 1. The van der Waals surface area contributed by atoms with Gasteiger partial charge in [0, 0.05) is 19.3 Å². The summed E-state index contributed by atoms with van der Waals surface area (Å²) in [7, 11) is 0. The summed E-state index contributed by atoms with van der Waals surface area (Å²) in [5.41, 5.74) is 0.654. The molecule has 10 heavy (non-hydrogen) atoms. The van der Waals surface area contributed by atoms with Crippen LogP contribution in [-0.4, -0.2) is 11.6 Å². The first-order valence-electron chi connectivity index (χ1n) is 4.65. The lowest BCUT2D eigenvalue weighted by atomic mass is 9.91. The Morgan fingerprint density at radius 2 is 2.10 bits per heavy atom. The van der Waals surface area contributed by atoms with Crippen LogP contribution in [0.4, 0.5) is 0 Å². The van der Waals surface area contributed by atoms with Gasteiger partial charge >= 0.3 is 0 Å². The minimum absolute atomic E-state index is 0.654. The predicted octanol–water partition coefficient (Wildman–Crippen LogP) is 1.04. The van der Waals surface area contributed by atoms with Gasteiger partial charge in [0.25, 0.3) is 0 Å². The molecule has 0 radical (unpaired) electrons. The molecule has 2 unspecified atom stereocenters. The molecule has 0 aliphatic carbocycles. The van der Waals surface area contributed by atoms with E-state index < -0.39 is 0 Å². The first-order valence-corrected chi connectivity index (χ1v) is 4.65. The largest absolute Gasteiger partial charge is 0.339 e. The molecule has 0 aromatic rings. The Kier molecular flexibility index (Phi) is 1.48. The Labute approximate surface area is 63.2 Å². The van der Waals surface area contributed by atoms with Gasteiger partial charge in [0.15, 0.2) is 0 Å². The van der Waals surface area contributed by atoms with Gasteiger partial charge in [-0.15, -0.1) is 0 Å². The van der Waals surface area contributed by atoms with Gasteiger partial charge < -0.3 is 5.32 Å². The van der Waals surface area contributed by atoms with Crippen molar-refractivity contribution in [1.82, 2.24) is 0 Å². The lowest BCUT2D eigenvalue weighted by Gasteiger charge is -2.18. The van der Waals surface area contributed by atoms with E-state index in [-0.39, 0.29) is 0 Å². The fourth-order valence-electron chi connectivity index (χ4n) is 2.62. The lowest BCUT2D eigenvalue weighted by molar-refractivity contribution is -0.732. The average molecular weight is 140 g/mol. The third-order valence-corrected chi connectivity index (χ3v) is 3.30. The highest BCUT2D eigenvalue weighted by atomic mass is 15.0. The van der Waals surface area contributed by atoms with Crippen LogP contribution in [0.5, 0.6) is 0 Å². The minimum atomic E-state index is 0.654. The fraction of sp³-hybridized carbons (Fsp3) is 1.00. The first kappa shape index (κ1) is 6.66. The van der Waals surface area contributed by atoms with Crippen LogP contribution in [0.2, 0.25) is 0 Å². The summed E-state index contributed by atoms with van der Waals surface area (Å²) in [6.07, 6.45) is 8.85. The van der Waals surface area contributed by atoms with Gasteiger partial charge in [-0.1, -0.05) is 0 Å².